The summed E-state index contributed by atoms with van der Waals surface area (Å²) in [5.74, 6) is -2.59. The molecular weight excluding hydrogens is 480 g/mol. The molecular formula is C24H36O12. The summed E-state index contributed by atoms with van der Waals surface area (Å²) in [6.07, 6.45) is 0. The van der Waals surface area contributed by atoms with Crippen molar-refractivity contribution < 1.29 is 57.4 Å². The Morgan fingerprint density at radius 3 is 1.28 bits per heavy atom. The second-order valence-corrected chi connectivity index (χ2v) is 6.95. The van der Waals surface area contributed by atoms with Crippen molar-refractivity contribution in [2.75, 3.05) is 99.1 Å². The number of esters is 1. The second-order valence-electron chi connectivity index (χ2n) is 6.95. The van der Waals surface area contributed by atoms with Gasteiger partial charge in [0, 0.05) is 5.56 Å². The first-order valence-electron chi connectivity index (χ1n) is 11.6. The number of rotatable bonds is 25. The quantitative estimate of drug-likeness (QED) is 0.0841. The SMILES string of the molecule is O=C(O)COCCOCCOCCOCCOCCOCCOCCOC(=O)C(=O)c1ccccc1. The number of ketones is 1. The van der Waals surface area contributed by atoms with Crippen LogP contribution in [0.3, 0.4) is 0 Å². The van der Waals surface area contributed by atoms with Gasteiger partial charge in [-0.3, -0.25) is 4.79 Å². The molecule has 0 amide bonds. The molecule has 12 nitrogen and oxygen atoms in total. The van der Waals surface area contributed by atoms with Gasteiger partial charge in [0.15, 0.2) is 0 Å². The zero-order valence-electron chi connectivity index (χ0n) is 20.4. The normalized spacial score (nSPS) is 10.9. The van der Waals surface area contributed by atoms with Crippen LogP contribution in [-0.2, 0) is 47.5 Å². The number of Topliss-reactive ketones (excluding diaryl/α,β-unsaturated/α-hetero) is 1. The van der Waals surface area contributed by atoms with Crippen molar-refractivity contribution in [3.8, 4) is 0 Å². The summed E-state index contributed by atoms with van der Waals surface area (Å²) >= 11 is 0. The molecule has 0 heterocycles. The highest BCUT2D eigenvalue weighted by molar-refractivity contribution is 6.40. The van der Waals surface area contributed by atoms with Gasteiger partial charge in [-0.1, -0.05) is 30.3 Å². The Hall–Kier alpha value is -2.45. The van der Waals surface area contributed by atoms with Crippen LogP contribution >= 0.6 is 0 Å². The van der Waals surface area contributed by atoms with Gasteiger partial charge in [-0.05, 0) is 0 Å². The largest absolute Gasteiger partial charge is 0.480 e. The highest BCUT2D eigenvalue weighted by Crippen LogP contribution is 2.01. The minimum Gasteiger partial charge on any atom is -0.480 e. The average molecular weight is 517 g/mol. The molecule has 0 aliphatic heterocycles. The summed E-state index contributed by atoms with van der Waals surface area (Å²) in [5, 5.41) is 8.39. The van der Waals surface area contributed by atoms with Crippen LogP contribution in [0.2, 0.25) is 0 Å². The van der Waals surface area contributed by atoms with Crippen molar-refractivity contribution in [2.45, 2.75) is 0 Å². The monoisotopic (exact) mass is 516 g/mol. The summed E-state index contributed by atoms with van der Waals surface area (Å²) < 4.78 is 41.7. The molecule has 0 atom stereocenters. The Labute approximate surface area is 210 Å². The van der Waals surface area contributed by atoms with E-state index < -0.39 is 17.7 Å². The van der Waals surface area contributed by atoms with Crippen molar-refractivity contribution in [1.29, 1.82) is 0 Å². The Kier molecular flexibility index (Phi) is 20.2. The minimum atomic E-state index is -1.01. The molecule has 0 fully saturated rings. The summed E-state index contributed by atoms with van der Waals surface area (Å²) in [7, 11) is 0. The van der Waals surface area contributed by atoms with E-state index in [0.29, 0.717) is 72.7 Å². The number of carbonyl (C=O) groups is 3. The van der Waals surface area contributed by atoms with Crippen LogP contribution in [0.5, 0.6) is 0 Å². The molecule has 0 aliphatic rings. The molecule has 0 radical (unpaired) electrons. The van der Waals surface area contributed by atoms with Crippen molar-refractivity contribution in [3.63, 3.8) is 0 Å². The first kappa shape index (κ1) is 31.6. The van der Waals surface area contributed by atoms with E-state index in [-0.39, 0.29) is 32.0 Å². The molecule has 204 valence electrons. The molecule has 1 aromatic rings. The van der Waals surface area contributed by atoms with Crippen molar-refractivity contribution in [3.05, 3.63) is 35.9 Å². The lowest BCUT2D eigenvalue weighted by molar-refractivity contribution is -0.143. The maximum atomic E-state index is 11.8. The van der Waals surface area contributed by atoms with Gasteiger partial charge in [0.1, 0.15) is 13.2 Å². The first-order chi connectivity index (χ1) is 17.6. The van der Waals surface area contributed by atoms with Crippen LogP contribution in [0.15, 0.2) is 30.3 Å². The molecule has 0 saturated heterocycles. The predicted octanol–water partition coefficient (Wildman–Crippen LogP) is 0.613. The lowest BCUT2D eigenvalue weighted by atomic mass is 10.1. The van der Waals surface area contributed by atoms with Gasteiger partial charge >= 0.3 is 11.9 Å². The summed E-state index contributed by atoms with van der Waals surface area (Å²) in [6, 6.07) is 8.22. The van der Waals surface area contributed by atoms with Crippen molar-refractivity contribution >= 4 is 17.7 Å². The average Bonchev–Trinajstić information content (AvgIpc) is 2.88. The Morgan fingerprint density at radius 2 is 0.889 bits per heavy atom. The minimum absolute atomic E-state index is 0.00898. The van der Waals surface area contributed by atoms with E-state index in [4.69, 9.17) is 43.0 Å². The maximum Gasteiger partial charge on any atom is 0.379 e. The zero-order chi connectivity index (χ0) is 26.1. The fraction of sp³-hybridized carbons (Fsp3) is 0.625. The van der Waals surface area contributed by atoms with E-state index in [2.05, 4.69) is 0 Å². The van der Waals surface area contributed by atoms with E-state index in [9.17, 15) is 14.4 Å². The smallest absolute Gasteiger partial charge is 0.379 e. The Morgan fingerprint density at radius 1 is 0.528 bits per heavy atom. The van der Waals surface area contributed by atoms with E-state index in [1.165, 1.54) is 0 Å². The van der Waals surface area contributed by atoms with Crippen LogP contribution in [0.25, 0.3) is 0 Å². The maximum absolute atomic E-state index is 11.8. The van der Waals surface area contributed by atoms with Crippen LogP contribution in [-0.4, -0.2) is 122 Å². The summed E-state index contributed by atoms with van der Waals surface area (Å²) in [4.78, 5) is 33.7. The van der Waals surface area contributed by atoms with Crippen molar-refractivity contribution in [1.82, 2.24) is 0 Å². The van der Waals surface area contributed by atoms with Gasteiger partial charge in [0.05, 0.1) is 85.9 Å². The fourth-order valence-electron chi connectivity index (χ4n) is 2.45. The molecule has 1 rings (SSSR count). The van der Waals surface area contributed by atoms with E-state index in [0.717, 1.165) is 0 Å². The molecule has 0 saturated carbocycles. The topological polar surface area (TPSA) is 145 Å². The lowest BCUT2D eigenvalue weighted by Crippen LogP contribution is -2.20. The number of carboxylic acids is 1. The van der Waals surface area contributed by atoms with Gasteiger partial charge < -0.3 is 43.0 Å². The number of benzene rings is 1. The number of ether oxygens (including phenoxy) is 8. The number of hydrogen-bond donors (Lipinski definition) is 1. The van der Waals surface area contributed by atoms with Gasteiger partial charge in [-0.2, -0.15) is 0 Å². The molecule has 0 aromatic heterocycles. The van der Waals surface area contributed by atoms with E-state index in [1.807, 2.05) is 0 Å². The van der Waals surface area contributed by atoms with Crippen LogP contribution in [0.1, 0.15) is 10.4 Å². The molecule has 0 unspecified atom stereocenters. The third-order valence-electron chi connectivity index (χ3n) is 4.14. The van der Waals surface area contributed by atoms with E-state index >= 15 is 0 Å². The van der Waals surface area contributed by atoms with Gasteiger partial charge in [0.2, 0.25) is 0 Å². The van der Waals surface area contributed by atoms with Crippen LogP contribution in [0, 0.1) is 0 Å². The van der Waals surface area contributed by atoms with Gasteiger partial charge in [-0.25, -0.2) is 9.59 Å². The highest BCUT2D eigenvalue weighted by Gasteiger charge is 2.17. The molecule has 36 heavy (non-hydrogen) atoms. The Balaban J connectivity index is 1.73. The van der Waals surface area contributed by atoms with E-state index in [1.54, 1.807) is 30.3 Å². The number of carboxylic acid groups (broad SMARTS) is 1. The number of aliphatic carboxylic acids is 1. The standard InChI is InChI=1S/C24H36O12/c25-22(26)20-35-17-16-33-13-12-31-9-8-29-6-7-30-10-11-32-14-15-34-18-19-36-24(28)23(27)21-4-2-1-3-5-21/h1-5H,6-20H2,(H,25,26). The molecule has 1 N–H and O–H groups in total. The second kappa shape index (κ2) is 23.0. The fourth-order valence-corrected chi connectivity index (χ4v) is 2.45. The number of hydrogen-bond acceptors (Lipinski definition) is 11. The summed E-state index contributed by atoms with van der Waals surface area (Å²) in [5.41, 5.74) is 0.290. The lowest BCUT2D eigenvalue weighted by Gasteiger charge is -2.08. The molecule has 1 aromatic carbocycles. The molecule has 0 spiro atoms. The third kappa shape index (κ3) is 18.8. The third-order valence-corrected chi connectivity index (χ3v) is 4.14. The van der Waals surface area contributed by atoms with Gasteiger partial charge in [0.25, 0.3) is 5.78 Å². The number of carbonyl (C=O) groups excluding carboxylic acids is 2. The Bertz CT molecular complexity index is 698. The van der Waals surface area contributed by atoms with Crippen LogP contribution in [0.4, 0.5) is 0 Å². The van der Waals surface area contributed by atoms with Gasteiger partial charge in [-0.15, -0.1) is 0 Å². The zero-order valence-corrected chi connectivity index (χ0v) is 20.4. The first-order valence-corrected chi connectivity index (χ1v) is 11.6. The highest BCUT2D eigenvalue weighted by atomic mass is 16.6. The molecule has 12 heteroatoms. The molecule has 0 bridgehead atoms. The van der Waals surface area contributed by atoms with Crippen LogP contribution < -0.4 is 0 Å². The predicted molar refractivity (Wildman–Crippen MR) is 125 cm³/mol. The van der Waals surface area contributed by atoms with Crippen molar-refractivity contribution in [2.24, 2.45) is 0 Å². The summed E-state index contributed by atoms with van der Waals surface area (Å²) in [6.45, 7) is 4.48. The molecule has 0 aliphatic carbocycles.